The fourth-order valence-corrected chi connectivity index (χ4v) is 4.02. The molecule has 0 aliphatic heterocycles. The molecule has 0 unspecified atom stereocenters. The maximum absolute atomic E-state index is 12.0. The maximum atomic E-state index is 12.0. The number of nitrogens with one attached hydrogen (secondary N) is 1. The summed E-state index contributed by atoms with van der Waals surface area (Å²) >= 11 is 6.82. The summed E-state index contributed by atoms with van der Waals surface area (Å²) in [4.78, 5) is 2.34. The van der Waals surface area contributed by atoms with Gasteiger partial charge in [0, 0.05) is 0 Å². The normalized spacial score (nSPS) is 11.6. The number of nitrogens with zero attached hydrogens (tertiary/aromatic N) is 1. The van der Waals surface area contributed by atoms with Crippen LogP contribution in [-0.2, 0) is 10.0 Å². The highest BCUT2D eigenvalue weighted by Crippen LogP contribution is 2.34. The highest BCUT2D eigenvalue weighted by atomic mass is 79.9. The van der Waals surface area contributed by atoms with Crippen molar-refractivity contribution in [3.8, 4) is 5.75 Å². The summed E-state index contributed by atoms with van der Waals surface area (Å²) in [6.45, 7) is 2.44. The zero-order valence-corrected chi connectivity index (χ0v) is 16.2. The molecule has 0 saturated carbocycles. The summed E-state index contributed by atoms with van der Waals surface area (Å²) in [5, 5.41) is 3.80. The molecule has 0 fully saturated rings. The van der Waals surface area contributed by atoms with Gasteiger partial charge in [0.2, 0.25) is 0 Å². The molecule has 0 atom stereocenters. The Balaban J connectivity index is 2.15. The first-order valence-electron chi connectivity index (χ1n) is 6.66. The summed E-state index contributed by atoms with van der Waals surface area (Å²) < 4.78 is 31.1. The van der Waals surface area contributed by atoms with E-state index in [0.717, 1.165) is 8.95 Å². The number of hydrazone groups is 1. The van der Waals surface area contributed by atoms with Gasteiger partial charge < -0.3 is 4.74 Å². The minimum absolute atomic E-state index is 0.159. The van der Waals surface area contributed by atoms with E-state index in [2.05, 4.69) is 41.8 Å². The number of ether oxygens (including phenoxy) is 1. The van der Waals surface area contributed by atoms with Gasteiger partial charge in [-0.05, 0) is 68.6 Å². The summed E-state index contributed by atoms with van der Waals surface area (Å²) in [6.07, 6.45) is 1.42. The summed E-state index contributed by atoms with van der Waals surface area (Å²) in [7, 11) is -3.66. The lowest BCUT2D eigenvalue weighted by atomic mass is 10.2. The van der Waals surface area contributed by atoms with Crippen molar-refractivity contribution in [2.45, 2.75) is 11.8 Å². The van der Waals surface area contributed by atoms with Gasteiger partial charge in [-0.1, -0.05) is 18.2 Å². The molecule has 122 valence electrons. The highest BCUT2D eigenvalue weighted by molar-refractivity contribution is 9.11. The van der Waals surface area contributed by atoms with Crippen LogP contribution in [0.1, 0.15) is 12.5 Å². The average Bonchev–Trinajstić information content (AvgIpc) is 2.52. The van der Waals surface area contributed by atoms with Gasteiger partial charge in [-0.25, -0.2) is 4.83 Å². The molecule has 0 aliphatic rings. The molecule has 5 nitrogen and oxygen atoms in total. The standard InChI is InChI=1S/C15H14Br2N2O3S/c1-2-22-15-13(16)8-11(9-14(15)17)10-18-19-23(20,21)12-6-4-3-5-7-12/h3-10,19H,2H2,1H3. The van der Waals surface area contributed by atoms with Crippen molar-refractivity contribution >= 4 is 48.1 Å². The Labute approximate surface area is 152 Å². The first-order chi connectivity index (χ1) is 10.9. The topological polar surface area (TPSA) is 67.8 Å². The molecule has 0 spiro atoms. The average molecular weight is 462 g/mol. The van der Waals surface area contributed by atoms with E-state index in [9.17, 15) is 8.42 Å². The molecule has 0 aromatic heterocycles. The third-order valence-corrected chi connectivity index (χ3v) is 5.17. The molecule has 0 saturated heterocycles. The van der Waals surface area contributed by atoms with Crippen molar-refractivity contribution in [2.75, 3.05) is 6.61 Å². The number of hydrogen-bond donors (Lipinski definition) is 1. The molecular weight excluding hydrogens is 448 g/mol. The highest BCUT2D eigenvalue weighted by Gasteiger charge is 2.11. The molecule has 0 aliphatic carbocycles. The monoisotopic (exact) mass is 460 g/mol. The second-order valence-electron chi connectivity index (χ2n) is 4.41. The molecule has 2 aromatic carbocycles. The minimum Gasteiger partial charge on any atom is -0.492 e. The van der Waals surface area contributed by atoms with Crippen molar-refractivity contribution in [3.05, 3.63) is 57.0 Å². The van der Waals surface area contributed by atoms with Crippen LogP contribution in [0.25, 0.3) is 0 Å². The van der Waals surface area contributed by atoms with E-state index >= 15 is 0 Å². The second-order valence-corrected chi connectivity index (χ2v) is 7.78. The van der Waals surface area contributed by atoms with Crippen LogP contribution in [0.3, 0.4) is 0 Å². The minimum atomic E-state index is -3.66. The van der Waals surface area contributed by atoms with Gasteiger partial charge in [0.05, 0.1) is 26.7 Å². The molecular formula is C15H14Br2N2O3S. The van der Waals surface area contributed by atoms with Gasteiger partial charge in [0.25, 0.3) is 10.0 Å². The zero-order valence-electron chi connectivity index (χ0n) is 12.2. The van der Waals surface area contributed by atoms with Gasteiger partial charge in [0.1, 0.15) is 5.75 Å². The Hall–Kier alpha value is -1.38. The zero-order chi connectivity index (χ0) is 16.9. The van der Waals surface area contributed by atoms with E-state index in [0.29, 0.717) is 17.9 Å². The Kier molecular flexibility index (Phi) is 6.20. The van der Waals surface area contributed by atoms with Gasteiger partial charge in [-0.3, -0.25) is 0 Å². The van der Waals surface area contributed by atoms with E-state index in [-0.39, 0.29) is 4.90 Å². The van der Waals surface area contributed by atoms with Crippen molar-refractivity contribution in [3.63, 3.8) is 0 Å². The third kappa shape index (κ3) is 4.79. The van der Waals surface area contributed by atoms with Gasteiger partial charge >= 0.3 is 0 Å². The molecule has 0 bridgehead atoms. The molecule has 2 rings (SSSR count). The Morgan fingerprint density at radius 3 is 2.35 bits per heavy atom. The predicted octanol–water partition coefficient (Wildman–Crippen LogP) is 3.92. The first kappa shape index (κ1) is 18.0. The third-order valence-electron chi connectivity index (χ3n) is 2.75. The van der Waals surface area contributed by atoms with Crippen molar-refractivity contribution in [1.29, 1.82) is 0 Å². The molecule has 8 heteroatoms. The number of halogens is 2. The predicted molar refractivity (Wildman–Crippen MR) is 97.4 cm³/mol. The summed E-state index contributed by atoms with van der Waals surface area (Å²) in [6, 6.07) is 11.6. The molecule has 1 N–H and O–H groups in total. The Bertz CT molecular complexity index is 786. The Morgan fingerprint density at radius 2 is 1.78 bits per heavy atom. The lowest BCUT2D eigenvalue weighted by Gasteiger charge is -2.09. The fraction of sp³-hybridized carbons (Fsp3) is 0.133. The molecule has 23 heavy (non-hydrogen) atoms. The quantitative estimate of drug-likeness (QED) is 0.523. The van der Waals surface area contributed by atoms with E-state index in [1.807, 2.05) is 6.92 Å². The Morgan fingerprint density at radius 1 is 1.17 bits per heavy atom. The SMILES string of the molecule is CCOc1c(Br)cc(C=NNS(=O)(=O)c2ccccc2)cc1Br. The van der Waals surface area contributed by atoms with Crippen LogP contribution in [0.2, 0.25) is 0 Å². The van der Waals surface area contributed by atoms with Crippen LogP contribution in [0.15, 0.2) is 61.4 Å². The van der Waals surface area contributed by atoms with Crippen molar-refractivity contribution in [2.24, 2.45) is 5.10 Å². The van der Waals surface area contributed by atoms with Crippen LogP contribution in [0.5, 0.6) is 5.75 Å². The van der Waals surface area contributed by atoms with Crippen LogP contribution in [-0.4, -0.2) is 21.2 Å². The van der Waals surface area contributed by atoms with E-state index in [1.54, 1.807) is 30.3 Å². The lowest BCUT2D eigenvalue weighted by Crippen LogP contribution is -2.18. The molecule has 0 amide bonds. The second kappa shape index (κ2) is 7.94. The molecule has 0 heterocycles. The maximum Gasteiger partial charge on any atom is 0.276 e. The van der Waals surface area contributed by atoms with Gasteiger partial charge in [-0.15, -0.1) is 0 Å². The van der Waals surface area contributed by atoms with E-state index < -0.39 is 10.0 Å². The summed E-state index contributed by atoms with van der Waals surface area (Å²) in [5.41, 5.74) is 0.711. The number of sulfonamides is 1. The van der Waals surface area contributed by atoms with Crippen LogP contribution >= 0.6 is 31.9 Å². The number of hydrogen-bond acceptors (Lipinski definition) is 4. The van der Waals surface area contributed by atoms with Crippen LogP contribution < -0.4 is 9.57 Å². The smallest absolute Gasteiger partial charge is 0.276 e. The van der Waals surface area contributed by atoms with Crippen LogP contribution in [0.4, 0.5) is 0 Å². The number of benzene rings is 2. The van der Waals surface area contributed by atoms with Crippen LogP contribution in [0, 0.1) is 0 Å². The molecule has 0 radical (unpaired) electrons. The largest absolute Gasteiger partial charge is 0.492 e. The van der Waals surface area contributed by atoms with Crippen molar-refractivity contribution < 1.29 is 13.2 Å². The summed E-state index contributed by atoms with van der Waals surface area (Å²) in [5.74, 6) is 0.689. The van der Waals surface area contributed by atoms with Gasteiger partial charge in [-0.2, -0.15) is 13.5 Å². The number of rotatable bonds is 6. The fourth-order valence-electron chi connectivity index (χ4n) is 1.76. The van der Waals surface area contributed by atoms with E-state index in [4.69, 9.17) is 4.74 Å². The van der Waals surface area contributed by atoms with Crippen molar-refractivity contribution in [1.82, 2.24) is 4.83 Å². The van der Waals surface area contributed by atoms with E-state index in [1.165, 1.54) is 18.3 Å². The first-order valence-corrected chi connectivity index (χ1v) is 9.72. The molecule has 2 aromatic rings. The van der Waals surface area contributed by atoms with Gasteiger partial charge in [0.15, 0.2) is 0 Å². The lowest BCUT2D eigenvalue weighted by molar-refractivity contribution is 0.336.